The van der Waals surface area contributed by atoms with Crippen LogP contribution in [-0.4, -0.2) is 35.2 Å². The zero-order valence-electron chi connectivity index (χ0n) is 11.0. The first-order chi connectivity index (χ1) is 10.0. The van der Waals surface area contributed by atoms with Crippen molar-refractivity contribution in [2.75, 3.05) is 6.61 Å². The fraction of sp³-hybridized carbons (Fsp3) is 0.357. The molecule has 2 fully saturated rings. The first-order valence-electron chi connectivity index (χ1n) is 6.57. The Balaban J connectivity index is 1.79. The van der Waals surface area contributed by atoms with Crippen molar-refractivity contribution in [1.29, 1.82) is 0 Å². The van der Waals surface area contributed by atoms with E-state index in [1.54, 1.807) is 24.3 Å². The van der Waals surface area contributed by atoms with Crippen LogP contribution in [0, 0.1) is 11.8 Å². The Labute approximate surface area is 120 Å². The molecule has 3 rings (SSSR count). The Morgan fingerprint density at radius 3 is 2.57 bits per heavy atom. The normalized spacial score (nSPS) is 30.5. The third-order valence-electron chi connectivity index (χ3n) is 3.92. The molecule has 1 aliphatic carbocycles. The molecule has 0 aromatic heterocycles. The van der Waals surface area contributed by atoms with Gasteiger partial charge in [0.05, 0.1) is 5.92 Å². The van der Waals surface area contributed by atoms with Crippen LogP contribution < -0.4 is 15.4 Å². The second kappa shape index (κ2) is 4.76. The average Bonchev–Trinajstić information content (AvgIpc) is 3.20. The van der Waals surface area contributed by atoms with E-state index in [0.29, 0.717) is 12.2 Å². The van der Waals surface area contributed by atoms with Gasteiger partial charge in [-0.3, -0.25) is 14.9 Å². The highest BCUT2D eigenvalue weighted by Crippen LogP contribution is 2.48. The van der Waals surface area contributed by atoms with Crippen LogP contribution in [0.1, 0.15) is 6.42 Å². The molecule has 3 unspecified atom stereocenters. The van der Waals surface area contributed by atoms with E-state index in [9.17, 15) is 14.4 Å². The minimum Gasteiger partial charge on any atom is -0.491 e. The van der Waals surface area contributed by atoms with E-state index in [0.717, 1.165) is 0 Å². The summed E-state index contributed by atoms with van der Waals surface area (Å²) in [6.45, 7) is -0.0942. The van der Waals surface area contributed by atoms with E-state index in [1.807, 2.05) is 6.07 Å². The van der Waals surface area contributed by atoms with E-state index in [2.05, 4.69) is 10.6 Å². The molecule has 1 saturated heterocycles. The minimum atomic E-state index is -1.31. The summed E-state index contributed by atoms with van der Waals surface area (Å²) >= 11 is 0. The molecule has 7 nitrogen and oxygen atoms in total. The number of hydrogen-bond acceptors (Lipinski definition) is 4. The molecule has 1 heterocycles. The smallest absolute Gasteiger partial charge is 0.322 e. The van der Waals surface area contributed by atoms with Crippen molar-refractivity contribution in [3.63, 3.8) is 0 Å². The second-order valence-electron chi connectivity index (χ2n) is 5.27. The molecule has 2 aliphatic rings. The molecule has 21 heavy (non-hydrogen) atoms. The lowest BCUT2D eigenvalue weighted by atomic mass is 9.93. The lowest BCUT2D eigenvalue weighted by Crippen LogP contribution is -2.54. The number of benzene rings is 1. The number of nitrogens with one attached hydrogen (secondary N) is 2. The molecule has 3 amide bonds. The molecule has 1 saturated carbocycles. The van der Waals surface area contributed by atoms with Gasteiger partial charge < -0.3 is 15.2 Å². The number of rotatable bonds is 5. The number of para-hydroxylation sites is 1. The van der Waals surface area contributed by atoms with E-state index >= 15 is 0 Å². The van der Waals surface area contributed by atoms with Crippen LogP contribution >= 0.6 is 0 Å². The number of carbonyl (C=O) groups is 3. The van der Waals surface area contributed by atoms with Gasteiger partial charge in [-0.1, -0.05) is 18.2 Å². The number of carboxylic acids is 1. The number of carboxylic acid groups (broad SMARTS) is 1. The first kappa shape index (κ1) is 13.4. The monoisotopic (exact) mass is 290 g/mol. The van der Waals surface area contributed by atoms with Crippen molar-refractivity contribution in [3.8, 4) is 5.75 Å². The predicted octanol–water partition coefficient (Wildman–Crippen LogP) is 0.364. The van der Waals surface area contributed by atoms with E-state index in [4.69, 9.17) is 9.84 Å². The summed E-state index contributed by atoms with van der Waals surface area (Å²) < 4.78 is 5.57. The average molecular weight is 290 g/mol. The molecule has 110 valence electrons. The van der Waals surface area contributed by atoms with Gasteiger partial charge in [0.1, 0.15) is 12.4 Å². The Kier molecular flexibility index (Phi) is 3.04. The first-order valence-corrected chi connectivity index (χ1v) is 6.57. The summed E-state index contributed by atoms with van der Waals surface area (Å²) in [5, 5.41) is 13.8. The Bertz CT molecular complexity index is 603. The maximum absolute atomic E-state index is 12.1. The number of aliphatic carboxylic acids is 1. The second-order valence-corrected chi connectivity index (χ2v) is 5.27. The number of carbonyl (C=O) groups excluding carboxylic acids is 2. The lowest BCUT2D eigenvalue weighted by molar-refractivity contribution is -0.139. The van der Waals surface area contributed by atoms with Gasteiger partial charge in [0.25, 0.3) is 5.91 Å². The molecular weight excluding hydrogens is 276 g/mol. The van der Waals surface area contributed by atoms with Crippen LogP contribution in [-0.2, 0) is 9.59 Å². The largest absolute Gasteiger partial charge is 0.491 e. The van der Waals surface area contributed by atoms with Crippen LogP contribution in [0.15, 0.2) is 30.3 Å². The van der Waals surface area contributed by atoms with Gasteiger partial charge in [-0.2, -0.15) is 0 Å². The van der Waals surface area contributed by atoms with Gasteiger partial charge in [-0.25, -0.2) is 4.79 Å². The predicted molar refractivity (Wildman–Crippen MR) is 70.6 cm³/mol. The molecular formula is C14H14N2O5. The highest BCUT2D eigenvalue weighted by atomic mass is 16.5. The fourth-order valence-electron chi connectivity index (χ4n) is 2.70. The van der Waals surface area contributed by atoms with Gasteiger partial charge in [-0.05, 0) is 18.6 Å². The van der Waals surface area contributed by atoms with Gasteiger partial charge in [-0.15, -0.1) is 0 Å². The van der Waals surface area contributed by atoms with Crippen molar-refractivity contribution in [1.82, 2.24) is 10.6 Å². The number of hydrogen-bond donors (Lipinski definition) is 3. The summed E-state index contributed by atoms with van der Waals surface area (Å²) in [4.78, 5) is 34.6. The summed E-state index contributed by atoms with van der Waals surface area (Å²) in [7, 11) is 0. The van der Waals surface area contributed by atoms with Gasteiger partial charge in [0.15, 0.2) is 5.54 Å². The van der Waals surface area contributed by atoms with Crippen LogP contribution in [0.2, 0.25) is 0 Å². The minimum absolute atomic E-state index is 0.0942. The number of urea groups is 1. The summed E-state index contributed by atoms with van der Waals surface area (Å²) in [5.74, 6) is -2.03. The molecule has 0 bridgehead atoms. The maximum atomic E-state index is 12.1. The fourth-order valence-corrected chi connectivity index (χ4v) is 2.70. The highest BCUT2D eigenvalue weighted by molar-refractivity contribution is 6.08. The van der Waals surface area contributed by atoms with Gasteiger partial charge in [0, 0.05) is 5.92 Å². The summed E-state index contributed by atoms with van der Waals surface area (Å²) in [6, 6.07) is 8.23. The molecule has 1 aromatic rings. The SMILES string of the molecule is O=C1NC(=O)C(COc2ccccc2)(C2CC2C(=O)O)N1. The van der Waals surface area contributed by atoms with Crippen LogP contribution in [0.5, 0.6) is 5.75 Å². The van der Waals surface area contributed by atoms with E-state index in [-0.39, 0.29) is 6.61 Å². The van der Waals surface area contributed by atoms with Crippen molar-refractivity contribution in [3.05, 3.63) is 30.3 Å². The quantitative estimate of drug-likeness (QED) is 0.679. The van der Waals surface area contributed by atoms with Crippen molar-refractivity contribution >= 4 is 17.9 Å². The van der Waals surface area contributed by atoms with Crippen molar-refractivity contribution < 1.29 is 24.2 Å². The molecule has 1 aliphatic heterocycles. The maximum Gasteiger partial charge on any atom is 0.322 e. The van der Waals surface area contributed by atoms with Crippen molar-refractivity contribution in [2.24, 2.45) is 11.8 Å². The lowest BCUT2D eigenvalue weighted by Gasteiger charge is -2.26. The van der Waals surface area contributed by atoms with Gasteiger partial charge >= 0.3 is 12.0 Å². The molecule has 3 N–H and O–H groups in total. The summed E-state index contributed by atoms with van der Waals surface area (Å²) in [5.41, 5.74) is -1.31. The molecule has 0 spiro atoms. The molecule has 1 aromatic carbocycles. The number of ether oxygens (including phenoxy) is 1. The zero-order valence-corrected chi connectivity index (χ0v) is 11.0. The Morgan fingerprint density at radius 1 is 1.33 bits per heavy atom. The number of imide groups is 1. The molecule has 0 radical (unpaired) electrons. The number of amides is 3. The van der Waals surface area contributed by atoms with E-state index < -0.39 is 35.3 Å². The van der Waals surface area contributed by atoms with Gasteiger partial charge in [0.2, 0.25) is 0 Å². The highest BCUT2D eigenvalue weighted by Gasteiger charge is 2.63. The Hall–Kier alpha value is -2.57. The van der Waals surface area contributed by atoms with Crippen LogP contribution in [0.4, 0.5) is 4.79 Å². The standard InChI is InChI=1S/C14H14N2O5/c17-11(18)9-6-10(9)14(12(19)15-13(20)16-14)7-21-8-4-2-1-3-5-8/h1-5,9-10H,6-7H2,(H,17,18)(H2,15,16,19,20). The third kappa shape index (κ3) is 2.31. The van der Waals surface area contributed by atoms with E-state index in [1.165, 1.54) is 0 Å². The van der Waals surface area contributed by atoms with Crippen LogP contribution in [0.25, 0.3) is 0 Å². The van der Waals surface area contributed by atoms with Crippen LogP contribution in [0.3, 0.4) is 0 Å². The Morgan fingerprint density at radius 2 is 2.05 bits per heavy atom. The molecule has 3 atom stereocenters. The topological polar surface area (TPSA) is 105 Å². The third-order valence-corrected chi connectivity index (χ3v) is 3.92. The van der Waals surface area contributed by atoms with Crippen molar-refractivity contribution in [2.45, 2.75) is 12.0 Å². The summed E-state index contributed by atoms with van der Waals surface area (Å²) in [6.07, 6.45) is 0.348. The molecule has 7 heteroatoms. The zero-order chi connectivity index (χ0) is 15.0.